The first-order chi connectivity index (χ1) is 14.5. The van der Waals surface area contributed by atoms with E-state index in [-0.39, 0.29) is 28.3 Å². The van der Waals surface area contributed by atoms with Gasteiger partial charge >= 0.3 is 6.09 Å². The number of imidazole rings is 1. The summed E-state index contributed by atoms with van der Waals surface area (Å²) in [5.41, 5.74) is 1.29. The predicted octanol–water partition coefficient (Wildman–Crippen LogP) is 0.949. The predicted molar refractivity (Wildman–Crippen MR) is 106 cm³/mol. The summed E-state index contributed by atoms with van der Waals surface area (Å²) in [5, 5.41) is 32.2. The van der Waals surface area contributed by atoms with Crippen molar-refractivity contribution in [3.8, 4) is 0 Å². The third-order valence-corrected chi connectivity index (χ3v) is 5.20. The van der Waals surface area contributed by atoms with Crippen molar-refractivity contribution in [2.75, 3.05) is 11.9 Å². The van der Waals surface area contributed by atoms with Crippen LogP contribution in [-0.4, -0.2) is 65.9 Å². The number of hydrogen-bond donors (Lipinski definition) is 4. The molecular weight excluding hydrogens is 462 g/mol. The third-order valence-electron chi connectivity index (χ3n) is 4.64. The van der Waals surface area contributed by atoms with E-state index < -0.39 is 37.2 Å². The molecule has 3 aromatic rings. The molecule has 11 nitrogen and oxygen atoms in total. The minimum absolute atomic E-state index is 0.0849. The standard InChI is InChI=1S/C18H18BrN5O6/c19-17-22-11-14(23-18(28)29-7-9-4-2-1-3-5-9)20-8-21-15(11)24(17)16-13(27)12(26)10(6-25)30-16/h1-5,8,10,12-13,16,25-27H,6-7H2,(H,20,21,23,28)/t10-,12-,13-,16-/m1/s1. The molecule has 30 heavy (non-hydrogen) atoms. The van der Waals surface area contributed by atoms with Crippen LogP contribution in [0.1, 0.15) is 11.8 Å². The molecule has 4 N–H and O–H groups in total. The lowest BCUT2D eigenvalue weighted by atomic mass is 10.1. The molecule has 12 heteroatoms. The van der Waals surface area contributed by atoms with Gasteiger partial charge in [0, 0.05) is 0 Å². The van der Waals surface area contributed by atoms with Crippen LogP contribution < -0.4 is 5.32 Å². The van der Waals surface area contributed by atoms with E-state index in [1.165, 1.54) is 10.9 Å². The number of rotatable bonds is 5. The van der Waals surface area contributed by atoms with Crippen LogP contribution in [-0.2, 0) is 16.1 Å². The van der Waals surface area contributed by atoms with E-state index in [0.29, 0.717) is 0 Å². The molecule has 0 spiro atoms. The quantitative estimate of drug-likeness (QED) is 0.391. The van der Waals surface area contributed by atoms with Gasteiger partial charge in [-0.05, 0) is 21.5 Å². The summed E-state index contributed by atoms with van der Waals surface area (Å²) in [6, 6.07) is 9.20. The lowest BCUT2D eigenvalue weighted by molar-refractivity contribution is -0.0521. The van der Waals surface area contributed by atoms with Gasteiger partial charge in [0.15, 0.2) is 27.9 Å². The molecule has 4 atom stereocenters. The maximum atomic E-state index is 12.2. The van der Waals surface area contributed by atoms with Gasteiger partial charge in [-0.3, -0.25) is 9.88 Å². The van der Waals surface area contributed by atoms with Crippen LogP contribution in [0.25, 0.3) is 11.2 Å². The Labute approximate surface area is 178 Å². The molecule has 158 valence electrons. The summed E-state index contributed by atoms with van der Waals surface area (Å²) in [6.07, 6.45) is -4.13. The largest absolute Gasteiger partial charge is 0.444 e. The number of fused-ring (bicyclic) bond motifs is 1. The number of nitrogens with one attached hydrogen (secondary N) is 1. The van der Waals surface area contributed by atoms with E-state index in [1.807, 2.05) is 30.3 Å². The molecule has 1 aliphatic heterocycles. The van der Waals surface area contributed by atoms with E-state index in [9.17, 15) is 20.1 Å². The highest BCUT2D eigenvalue weighted by Gasteiger charge is 2.44. The number of hydrogen-bond acceptors (Lipinski definition) is 9. The van der Waals surface area contributed by atoms with E-state index in [0.717, 1.165) is 5.56 Å². The monoisotopic (exact) mass is 479 g/mol. The highest BCUT2D eigenvalue weighted by atomic mass is 79.9. The van der Waals surface area contributed by atoms with Crippen LogP contribution >= 0.6 is 15.9 Å². The maximum absolute atomic E-state index is 12.2. The Morgan fingerprint density at radius 3 is 2.70 bits per heavy atom. The topological polar surface area (TPSA) is 152 Å². The van der Waals surface area contributed by atoms with E-state index in [2.05, 4.69) is 36.2 Å². The van der Waals surface area contributed by atoms with Crippen molar-refractivity contribution in [2.45, 2.75) is 31.1 Å². The second kappa shape index (κ2) is 8.62. The van der Waals surface area contributed by atoms with E-state index in [1.54, 1.807) is 0 Å². The molecule has 0 radical (unpaired) electrons. The number of aromatic nitrogens is 4. The Morgan fingerprint density at radius 2 is 2.00 bits per heavy atom. The van der Waals surface area contributed by atoms with Gasteiger partial charge in [0.2, 0.25) is 0 Å². The Kier molecular flexibility index (Phi) is 5.92. The molecule has 0 aliphatic carbocycles. The first kappa shape index (κ1) is 20.6. The van der Waals surface area contributed by atoms with Crippen molar-refractivity contribution < 1.29 is 29.6 Å². The summed E-state index contributed by atoms with van der Waals surface area (Å²) in [4.78, 5) is 24.7. The Bertz CT molecular complexity index is 1050. The normalized spacial score (nSPS) is 23.6. The van der Waals surface area contributed by atoms with Crippen LogP contribution in [0.4, 0.5) is 10.6 Å². The van der Waals surface area contributed by atoms with Gasteiger partial charge in [-0.25, -0.2) is 19.7 Å². The number of nitrogens with zero attached hydrogens (tertiary/aromatic N) is 4. The van der Waals surface area contributed by atoms with E-state index >= 15 is 0 Å². The zero-order valence-corrected chi connectivity index (χ0v) is 17.0. The zero-order chi connectivity index (χ0) is 21.3. The minimum atomic E-state index is -1.32. The van der Waals surface area contributed by atoms with Gasteiger partial charge in [-0.2, -0.15) is 0 Å². The summed E-state index contributed by atoms with van der Waals surface area (Å²) in [7, 11) is 0. The molecule has 2 aromatic heterocycles. The maximum Gasteiger partial charge on any atom is 0.413 e. The van der Waals surface area contributed by atoms with Gasteiger partial charge in [0.1, 0.15) is 31.2 Å². The molecule has 1 fully saturated rings. The fourth-order valence-electron chi connectivity index (χ4n) is 3.15. The smallest absolute Gasteiger partial charge is 0.413 e. The fourth-order valence-corrected chi connectivity index (χ4v) is 3.70. The Hall–Kier alpha value is -2.64. The first-order valence-corrected chi connectivity index (χ1v) is 9.77. The van der Waals surface area contributed by atoms with Gasteiger partial charge in [0.05, 0.1) is 6.61 Å². The van der Waals surface area contributed by atoms with Crippen LogP contribution in [0.5, 0.6) is 0 Å². The molecule has 4 rings (SSSR count). The first-order valence-electron chi connectivity index (χ1n) is 8.98. The number of aliphatic hydroxyl groups is 3. The second-order valence-corrected chi connectivity index (χ2v) is 7.27. The lowest BCUT2D eigenvalue weighted by Gasteiger charge is -2.17. The molecule has 0 bridgehead atoms. The highest BCUT2D eigenvalue weighted by molar-refractivity contribution is 9.10. The van der Waals surface area contributed by atoms with Crippen LogP contribution in [0, 0.1) is 0 Å². The summed E-state index contributed by atoms with van der Waals surface area (Å²) in [5.74, 6) is 0.101. The van der Waals surface area contributed by atoms with Gasteiger partial charge < -0.3 is 24.8 Å². The fraction of sp³-hybridized carbons (Fsp3) is 0.333. The third kappa shape index (κ3) is 3.87. The molecule has 3 heterocycles. The molecule has 1 amide bonds. The second-order valence-electron chi connectivity index (χ2n) is 6.56. The van der Waals surface area contributed by atoms with Crippen LogP contribution in [0.15, 0.2) is 41.4 Å². The summed E-state index contributed by atoms with van der Waals surface area (Å²) < 4.78 is 12.4. The van der Waals surface area contributed by atoms with Gasteiger partial charge in [0.25, 0.3) is 0 Å². The molecule has 1 aliphatic rings. The van der Waals surface area contributed by atoms with Crippen molar-refractivity contribution >= 4 is 39.0 Å². The average Bonchev–Trinajstić information content (AvgIpc) is 3.23. The molecule has 1 aromatic carbocycles. The minimum Gasteiger partial charge on any atom is -0.444 e. The number of anilines is 1. The zero-order valence-electron chi connectivity index (χ0n) is 15.4. The molecule has 1 saturated heterocycles. The van der Waals surface area contributed by atoms with Crippen LogP contribution in [0.3, 0.4) is 0 Å². The number of benzene rings is 1. The molecular formula is C18H18BrN5O6. The van der Waals surface area contributed by atoms with Crippen molar-refractivity contribution in [3.05, 3.63) is 47.0 Å². The number of carbonyl (C=O) groups is 1. The van der Waals surface area contributed by atoms with Crippen molar-refractivity contribution in [1.82, 2.24) is 19.5 Å². The number of amides is 1. The molecule has 0 unspecified atom stereocenters. The van der Waals surface area contributed by atoms with Gasteiger partial charge in [-0.15, -0.1) is 0 Å². The number of halogens is 1. The van der Waals surface area contributed by atoms with Crippen LogP contribution in [0.2, 0.25) is 0 Å². The average molecular weight is 480 g/mol. The van der Waals surface area contributed by atoms with E-state index in [4.69, 9.17) is 9.47 Å². The van der Waals surface area contributed by atoms with Crippen molar-refractivity contribution in [3.63, 3.8) is 0 Å². The number of aliphatic hydroxyl groups excluding tert-OH is 3. The van der Waals surface area contributed by atoms with Crippen molar-refractivity contribution in [1.29, 1.82) is 0 Å². The lowest BCUT2D eigenvalue weighted by Crippen LogP contribution is -2.33. The summed E-state index contributed by atoms with van der Waals surface area (Å²) in [6.45, 7) is -0.379. The number of ether oxygens (including phenoxy) is 2. The molecule has 0 saturated carbocycles. The summed E-state index contributed by atoms with van der Waals surface area (Å²) >= 11 is 3.28. The Balaban J connectivity index is 1.56. The SMILES string of the molecule is O=C(Nc1ncnc2c1nc(Br)n2[C@@H]1O[C@H](CO)[C@@H](O)[C@H]1O)OCc1ccccc1. The van der Waals surface area contributed by atoms with Crippen molar-refractivity contribution in [2.24, 2.45) is 0 Å². The highest BCUT2D eigenvalue weighted by Crippen LogP contribution is 2.35. The van der Waals surface area contributed by atoms with Gasteiger partial charge in [-0.1, -0.05) is 30.3 Å². The number of carbonyl (C=O) groups excluding carboxylic acids is 1. The Morgan fingerprint density at radius 1 is 1.23 bits per heavy atom.